The number of hydrogen-bond acceptors (Lipinski definition) is 8. The molecule has 3 N–H and O–H groups in total. The lowest BCUT2D eigenvalue weighted by Crippen LogP contribution is -2.28. The fraction of sp³-hybridized carbons (Fsp3) is 0.545. The van der Waals surface area contributed by atoms with Crippen LogP contribution in [0.5, 0.6) is 0 Å². The quantitative estimate of drug-likeness (QED) is 0.380. The monoisotopic (exact) mass is 440 g/mol. The molecule has 0 spiro atoms. The van der Waals surface area contributed by atoms with Crippen LogP contribution in [-0.4, -0.2) is 59.2 Å². The average Bonchev–Trinajstić information content (AvgIpc) is 3.28. The van der Waals surface area contributed by atoms with E-state index in [1.165, 1.54) is 11.1 Å². The van der Waals surface area contributed by atoms with Gasteiger partial charge in [0.05, 0.1) is 12.1 Å². The molecule has 2 saturated carbocycles. The molecule has 2 fully saturated rings. The molecule has 0 aliphatic heterocycles. The fourth-order valence-corrected chi connectivity index (χ4v) is 5.00. The third-order valence-corrected chi connectivity index (χ3v) is 7.27. The first-order valence-corrected chi connectivity index (χ1v) is 12.0. The van der Waals surface area contributed by atoms with E-state index in [-0.39, 0.29) is 6.04 Å². The summed E-state index contributed by atoms with van der Waals surface area (Å²) < 4.78 is 1.67. The second-order valence-electron chi connectivity index (χ2n) is 8.62. The number of aryl methyl sites for hydroxylation is 1. The van der Waals surface area contributed by atoms with Gasteiger partial charge in [-0.3, -0.25) is 0 Å². The van der Waals surface area contributed by atoms with Crippen molar-refractivity contribution in [3.63, 3.8) is 0 Å². The molecule has 5 atom stereocenters. The Bertz CT molecular complexity index is 1070. The van der Waals surface area contributed by atoms with E-state index in [0.29, 0.717) is 46.9 Å². The number of aliphatic hydroxyl groups is 2. The van der Waals surface area contributed by atoms with Crippen molar-refractivity contribution >= 4 is 28.7 Å². The molecule has 5 rings (SSSR count). The molecule has 9 heteroatoms. The van der Waals surface area contributed by atoms with Crippen molar-refractivity contribution in [2.45, 2.75) is 74.9 Å². The van der Waals surface area contributed by atoms with Crippen LogP contribution < -0.4 is 5.32 Å². The van der Waals surface area contributed by atoms with E-state index in [9.17, 15) is 10.2 Å². The summed E-state index contributed by atoms with van der Waals surface area (Å²) in [5.41, 5.74) is 3.83. The minimum Gasteiger partial charge on any atom is -0.390 e. The van der Waals surface area contributed by atoms with Gasteiger partial charge in [0.2, 0.25) is 0 Å². The predicted molar refractivity (Wildman–Crippen MR) is 120 cm³/mol. The van der Waals surface area contributed by atoms with Gasteiger partial charge < -0.3 is 15.5 Å². The Morgan fingerprint density at radius 2 is 1.97 bits per heavy atom. The third kappa shape index (κ3) is 4.02. The maximum atomic E-state index is 10.4. The molecule has 0 saturated heterocycles. The molecule has 2 unspecified atom stereocenters. The lowest BCUT2D eigenvalue weighted by atomic mass is 10.1. The molecular weight excluding hydrogens is 412 g/mol. The van der Waals surface area contributed by atoms with Crippen molar-refractivity contribution in [3.8, 4) is 0 Å². The van der Waals surface area contributed by atoms with E-state index in [2.05, 4.69) is 53.7 Å². The molecule has 2 aliphatic rings. The van der Waals surface area contributed by atoms with Crippen LogP contribution in [0.15, 0.2) is 29.4 Å². The Morgan fingerprint density at radius 3 is 2.68 bits per heavy atom. The molecule has 2 aliphatic carbocycles. The number of nitrogens with one attached hydrogen (secondary N) is 1. The van der Waals surface area contributed by atoms with Crippen LogP contribution in [0.4, 0.5) is 5.82 Å². The van der Waals surface area contributed by atoms with E-state index in [0.717, 1.165) is 18.6 Å². The maximum Gasteiger partial charge on any atom is 0.191 e. The Balaban J connectivity index is 1.45. The van der Waals surface area contributed by atoms with Crippen molar-refractivity contribution in [1.29, 1.82) is 0 Å². The molecule has 3 aromatic rings. The molecule has 8 nitrogen and oxygen atoms in total. The first kappa shape index (κ1) is 20.7. The van der Waals surface area contributed by atoms with E-state index in [1.807, 2.05) is 0 Å². The standard InChI is InChI=1S/C22H28N6O2S/c1-3-10-31-22-24-20(23-15-11-14(15)13-6-4-12(2)5-7-13)18-21(25-22)28(27-26-18)16-8-9-17(29)19(16)30/h4-7,14-17,19,29-30H,3,8-11H2,1-2H3,(H,23,24,25)/t14?,15?,16-,17-,19+/m1/s1. The Morgan fingerprint density at radius 1 is 1.16 bits per heavy atom. The summed E-state index contributed by atoms with van der Waals surface area (Å²) in [6.45, 7) is 4.23. The summed E-state index contributed by atoms with van der Waals surface area (Å²) in [5.74, 6) is 2.08. The number of benzene rings is 1. The smallest absolute Gasteiger partial charge is 0.191 e. The van der Waals surface area contributed by atoms with E-state index >= 15 is 0 Å². The molecule has 0 radical (unpaired) electrons. The normalized spacial score (nSPS) is 27.7. The van der Waals surface area contributed by atoms with E-state index < -0.39 is 12.2 Å². The number of fused-ring (bicyclic) bond motifs is 1. The summed E-state index contributed by atoms with van der Waals surface area (Å²) >= 11 is 1.61. The van der Waals surface area contributed by atoms with Gasteiger partial charge in [0.25, 0.3) is 0 Å². The topological polar surface area (TPSA) is 109 Å². The minimum absolute atomic E-state index is 0.300. The number of aliphatic hydroxyl groups excluding tert-OH is 2. The highest BCUT2D eigenvalue weighted by molar-refractivity contribution is 7.99. The molecule has 0 amide bonds. The van der Waals surface area contributed by atoms with Gasteiger partial charge in [-0.1, -0.05) is 53.7 Å². The van der Waals surface area contributed by atoms with Gasteiger partial charge in [-0.2, -0.15) is 0 Å². The number of nitrogens with zero attached hydrogens (tertiary/aromatic N) is 5. The second kappa shape index (κ2) is 8.37. The number of rotatable bonds is 7. The SMILES string of the molecule is CCCSc1nc(NC2CC2c2ccc(C)cc2)c2nnn([C@@H]3CC[C@@H](O)[C@H]3O)c2n1. The first-order valence-electron chi connectivity index (χ1n) is 11.0. The van der Waals surface area contributed by atoms with Crippen LogP contribution in [0.1, 0.15) is 55.7 Å². The largest absolute Gasteiger partial charge is 0.390 e. The summed E-state index contributed by atoms with van der Waals surface area (Å²) in [4.78, 5) is 9.46. The van der Waals surface area contributed by atoms with Gasteiger partial charge in [-0.05, 0) is 38.2 Å². The molecule has 2 heterocycles. The van der Waals surface area contributed by atoms with Crippen molar-refractivity contribution in [2.24, 2.45) is 0 Å². The van der Waals surface area contributed by atoms with Crippen molar-refractivity contribution in [1.82, 2.24) is 25.0 Å². The van der Waals surface area contributed by atoms with Crippen LogP contribution >= 0.6 is 11.8 Å². The second-order valence-corrected chi connectivity index (χ2v) is 9.68. The predicted octanol–water partition coefficient (Wildman–Crippen LogP) is 3.06. The molecule has 31 heavy (non-hydrogen) atoms. The average molecular weight is 441 g/mol. The van der Waals surface area contributed by atoms with Crippen LogP contribution in [0.25, 0.3) is 11.2 Å². The zero-order chi connectivity index (χ0) is 21.5. The van der Waals surface area contributed by atoms with Crippen molar-refractivity contribution in [2.75, 3.05) is 11.1 Å². The number of aromatic nitrogens is 5. The van der Waals surface area contributed by atoms with Crippen molar-refractivity contribution in [3.05, 3.63) is 35.4 Å². The Kier molecular flexibility index (Phi) is 5.58. The van der Waals surface area contributed by atoms with E-state index in [1.54, 1.807) is 16.4 Å². The molecule has 0 bridgehead atoms. The lowest BCUT2D eigenvalue weighted by Gasteiger charge is -2.16. The van der Waals surface area contributed by atoms with Gasteiger partial charge in [0.15, 0.2) is 22.1 Å². The van der Waals surface area contributed by atoms with Gasteiger partial charge >= 0.3 is 0 Å². The van der Waals surface area contributed by atoms with Gasteiger partial charge in [-0.15, -0.1) is 5.10 Å². The summed E-state index contributed by atoms with van der Waals surface area (Å²) in [5, 5.41) is 33.3. The lowest BCUT2D eigenvalue weighted by molar-refractivity contribution is 0.0215. The highest BCUT2D eigenvalue weighted by atomic mass is 32.2. The molecule has 2 aromatic heterocycles. The highest BCUT2D eigenvalue weighted by Crippen LogP contribution is 2.43. The Hall–Kier alpha value is -2.23. The molecule has 164 valence electrons. The zero-order valence-corrected chi connectivity index (χ0v) is 18.6. The Labute approximate surface area is 185 Å². The van der Waals surface area contributed by atoms with Crippen molar-refractivity contribution < 1.29 is 10.2 Å². The van der Waals surface area contributed by atoms with Crippen LogP contribution in [0.3, 0.4) is 0 Å². The van der Waals surface area contributed by atoms with Gasteiger partial charge in [0.1, 0.15) is 6.10 Å². The summed E-state index contributed by atoms with van der Waals surface area (Å²) in [7, 11) is 0. The number of thioether (sulfide) groups is 1. The van der Waals surface area contributed by atoms with Gasteiger partial charge in [0, 0.05) is 17.7 Å². The van der Waals surface area contributed by atoms with Gasteiger partial charge in [-0.25, -0.2) is 14.6 Å². The highest BCUT2D eigenvalue weighted by Gasteiger charge is 2.40. The maximum absolute atomic E-state index is 10.4. The number of hydrogen-bond donors (Lipinski definition) is 3. The van der Waals surface area contributed by atoms with Crippen LogP contribution in [-0.2, 0) is 0 Å². The summed E-state index contributed by atoms with van der Waals surface area (Å²) in [6, 6.07) is 8.67. The zero-order valence-electron chi connectivity index (χ0n) is 17.8. The molecule has 1 aromatic carbocycles. The summed E-state index contributed by atoms with van der Waals surface area (Å²) in [6.07, 6.45) is 1.66. The first-order chi connectivity index (χ1) is 15.0. The third-order valence-electron chi connectivity index (χ3n) is 6.22. The minimum atomic E-state index is -0.864. The fourth-order valence-electron chi connectivity index (χ4n) is 4.31. The van der Waals surface area contributed by atoms with E-state index in [4.69, 9.17) is 9.97 Å². The molecular formula is C22H28N6O2S. The number of anilines is 1. The van der Waals surface area contributed by atoms with Crippen LogP contribution in [0.2, 0.25) is 0 Å². The van der Waals surface area contributed by atoms with Crippen LogP contribution in [0, 0.1) is 6.92 Å².